The van der Waals surface area contributed by atoms with Gasteiger partial charge in [-0.1, -0.05) is 25.2 Å². The Morgan fingerprint density at radius 1 is 1.31 bits per heavy atom. The number of carbonyl (C=O) groups is 2. The minimum Gasteiger partial charge on any atom is -0.406 e. The zero-order valence-corrected chi connectivity index (χ0v) is 16.7. The third-order valence-corrected chi connectivity index (χ3v) is 5.44. The summed E-state index contributed by atoms with van der Waals surface area (Å²) in [5.41, 5.74) is -0.550. The van der Waals surface area contributed by atoms with E-state index in [1.165, 1.54) is 12.1 Å². The number of anilines is 1. The van der Waals surface area contributed by atoms with Gasteiger partial charge in [0.25, 0.3) is 5.91 Å². The maximum Gasteiger partial charge on any atom is 0.573 e. The van der Waals surface area contributed by atoms with E-state index >= 15 is 0 Å². The zero-order valence-electron chi connectivity index (χ0n) is 15.9. The standard InChI is InChI=1S/C18H21F3N4O3S/c1-10(2)22-9-14(26)25-17(6-3-7-17)15(27)24-16-23-12-5-4-11(8-13(12)29-16)28-18(19,20)21/h4-5,8,10,22H,3,6-7,9H2,1-2H3,(H,25,26)(H,23,24,27). The number of nitrogens with zero attached hydrogens (tertiary/aromatic N) is 1. The lowest BCUT2D eigenvalue weighted by molar-refractivity contribution is -0.274. The molecular weight excluding hydrogens is 409 g/mol. The highest BCUT2D eigenvalue weighted by atomic mass is 32.1. The highest BCUT2D eigenvalue weighted by molar-refractivity contribution is 7.22. The van der Waals surface area contributed by atoms with Gasteiger partial charge in [-0.05, 0) is 31.4 Å². The molecular formula is C18H21F3N4O3S. The van der Waals surface area contributed by atoms with Crippen LogP contribution in [0, 0.1) is 0 Å². The van der Waals surface area contributed by atoms with E-state index in [-0.39, 0.29) is 35.3 Å². The number of benzene rings is 1. The predicted octanol–water partition coefficient (Wildman–Crippen LogP) is 3.17. The minimum absolute atomic E-state index is 0.107. The minimum atomic E-state index is -4.78. The molecule has 11 heteroatoms. The smallest absolute Gasteiger partial charge is 0.406 e. The number of amides is 2. The van der Waals surface area contributed by atoms with E-state index in [2.05, 4.69) is 25.7 Å². The molecule has 158 valence electrons. The molecule has 29 heavy (non-hydrogen) atoms. The normalized spacial score (nSPS) is 15.8. The molecule has 1 aliphatic carbocycles. The summed E-state index contributed by atoms with van der Waals surface area (Å²) in [5.74, 6) is -1.01. The molecule has 0 unspecified atom stereocenters. The van der Waals surface area contributed by atoms with E-state index in [0.29, 0.717) is 23.1 Å². The second-order valence-corrected chi connectivity index (χ2v) is 8.20. The maximum absolute atomic E-state index is 12.8. The van der Waals surface area contributed by atoms with Crippen LogP contribution in [0.15, 0.2) is 18.2 Å². The van der Waals surface area contributed by atoms with E-state index in [4.69, 9.17) is 0 Å². The summed E-state index contributed by atoms with van der Waals surface area (Å²) in [7, 11) is 0. The van der Waals surface area contributed by atoms with Gasteiger partial charge in [0.15, 0.2) is 5.13 Å². The number of ether oxygens (including phenoxy) is 1. The van der Waals surface area contributed by atoms with Crippen LogP contribution >= 0.6 is 11.3 Å². The summed E-state index contributed by atoms with van der Waals surface area (Å²) in [4.78, 5) is 29.1. The van der Waals surface area contributed by atoms with E-state index in [9.17, 15) is 22.8 Å². The molecule has 0 radical (unpaired) electrons. The number of halogens is 3. The molecule has 2 aromatic rings. The Labute approximate surface area is 169 Å². The van der Waals surface area contributed by atoms with Crippen LogP contribution in [0.1, 0.15) is 33.1 Å². The molecule has 0 saturated heterocycles. The largest absolute Gasteiger partial charge is 0.573 e. The SMILES string of the molecule is CC(C)NCC(=O)NC1(C(=O)Nc2nc3ccc(OC(F)(F)F)cc3s2)CCC1. The third-order valence-electron chi connectivity index (χ3n) is 4.51. The highest BCUT2D eigenvalue weighted by Gasteiger charge is 2.45. The topological polar surface area (TPSA) is 92.4 Å². The number of hydrogen-bond donors (Lipinski definition) is 3. The highest BCUT2D eigenvalue weighted by Crippen LogP contribution is 2.35. The second-order valence-electron chi connectivity index (χ2n) is 7.17. The number of thiazole rings is 1. The van der Waals surface area contributed by atoms with Crippen LogP contribution < -0.4 is 20.7 Å². The van der Waals surface area contributed by atoms with E-state index in [1.807, 2.05) is 13.8 Å². The summed E-state index contributed by atoms with van der Waals surface area (Å²) in [6, 6.07) is 3.91. The predicted molar refractivity (Wildman–Crippen MR) is 103 cm³/mol. The lowest BCUT2D eigenvalue weighted by atomic mass is 9.76. The number of fused-ring (bicyclic) bond motifs is 1. The van der Waals surface area contributed by atoms with Crippen molar-refractivity contribution in [2.75, 3.05) is 11.9 Å². The fraction of sp³-hybridized carbons (Fsp3) is 0.500. The first kappa shape index (κ1) is 21.3. The van der Waals surface area contributed by atoms with Crippen LogP contribution in [-0.4, -0.2) is 41.3 Å². The molecule has 0 aliphatic heterocycles. The number of carbonyl (C=O) groups excluding carboxylic acids is 2. The van der Waals surface area contributed by atoms with Crippen molar-refractivity contribution in [3.8, 4) is 5.75 Å². The van der Waals surface area contributed by atoms with Gasteiger partial charge in [-0.3, -0.25) is 14.9 Å². The number of nitrogens with one attached hydrogen (secondary N) is 3. The fourth-order valence-electron chi connectivity index (χ4n) is 2.92. The molecule has 0 bridgehead atoms. The van der Waals surface area contributed by atoms with Crippen molar-refractivity contribution in [1.29, 1.82) is 0 Å². The summed E-state index contributed by atoms with van der Waals surface area (Å²) in [5, 5.41) is 8.72. The van der Waals surface area contributed by atoms with Crippen molar-refractivity contribution in [2.45, 2.75) is 51.1 Å². The van der Waals surface area contributed by atoms with Crippen LogP contribution in [0.2, 0.25) is 0 Å². The third kappa shape index (κ3) is 5.36. The van der Waals surface area contributed by atoms with E-state index in [0.717, 1.165) is 23.8 Å². The molecule has 0 atom stereocenters. The first-order chi connectivity index (χ1) is 13.6. The Bertz CT molecular complexity index is 909. The van der Waals surface area contributed by atoms with Gasteiger partial charge in [0, 0.05) is 12.1 Å². The molecule has 1 saturated carbocycles. The van der Waals surface area contributed by atoms with Crippen LogP contribution in [0.5, 0.6) is 5.75 Å². The number of aromatic nitrogens is 1. The van der Waals surface area contributed by atoms with Crippen molar-refractivity contribution in [1.82, 2.24) is 15.6 Å². The van der Waals surface area contributed by atoms with Crippen LogP contribution in [-0.2, 0) is 9.59 Å². The van der Waals surface area contributed by atoms with Crippen LogP contribution in [0.25, 0.3) is 10.2 Å². The number of alkyl halides is 3. The van der Waals surface area contributed by atoms with Crippen molar-refractivity contribution in [3.63, 3.8) is 0 Å². The molecule has 1 aromatic heterocycles. The van der Waals surface area contributed by atoms with Gasteiger partial charge in [0.2, 0.25) is 5.91 Å². The number of rotatable bonds is 7. The summed E-state index contributed by atoms with van der Waals surface area (Å²) in [6.07, 6.45) is -2.95. The average molecular weight is 430 g/mol. The van der Waals surface area contributed by atoms with Gasteiger partial charge in [-0.15, -0.1) is 13.2 Å². The van der Waals surface area contributed by atoms with Crippen LogP contribution in [0.3, 0.4) is 0 Å². The van der Waals surface area contributed by atoms with Gasteiger partial charge < -0.3 is 15.4 Å². The quantitative estimate of drug-likeness (QED) is 0.628. The molecule has 1 aromatic carbocycles. The lowest BCUT2D eigenvalue weighted by Gasteiger charge is -2.40. The van der Waals surface area contributed by atoms with Gasteiger partial charge in [0.05, 0.1) is 16.8 Å². The Morgan fingerprint density at radius 3 is 2.62 bits per heavy atom. The van der Waals surface area contributed by atoms with Crippen molar-refractivity contribution in [2.24, 2.45) is 0 Å². The number of hydrogen-bond acceptors (Lipinski definition) is 6. The lowest BCUT2D eigenvalue weighted by Crippen LogP contribution is -2.62. The fourth-order valence-corrected chi connectivity index (χ4v) is 3.81. The Balaban J connectivity index is 1.68. The monoisotopic (exact) mass is 430 g/mol. The Hall–Kier alpha value is -2.40. The second kappa shape index (κ2) is 8.15. The Morgan fingerprint density at radius 2 is 2.03 bits per heavy atom. The molecule has 0 spiro atoms. The summed E-state index contributed by atoms with van der Waals surface area (Å²) in [6.45, 7) is 3.94. The first-order valence-corrected chi connectivity index (χ1v) is 9.90. The van der Waals surface area contributed by atoms with Crippen LogP contribution in [0.4, 0.5) is 18.3 Å². The molecule has 1 fully saturated rings. The van der Waals surface area contributed by atoms with Crippen molar-refractivity contribution in [3.05, 3.63) is 18.2 Å². The van der Waals surface area contributed by atoms with E-state index in [1.54, 1.807) is 0 Å². The summed E-state index contributed by atoms with van der Waals surface area (Å²) >= 11 is 1.03. The van der Waals surface area contributed by atoms with Crippen molar-refractivity contribution >= 4 is 38.5 Å². The van der Waals surface area contributed by atoms with Crippen molar-refractivity contribution < 1.29 is 27.5 Å². The molecule has 2 amide bonds. The van der Waals surface area contributed by atoms with E-state index < -0.39 is 11.9 Å². The molecule has 7 nitrogen and oxygen atoms in total. The molecule has 3 rings (SSSR count). The average Bonchev–Trinajstić information content (AvgIpc) is 2.96. The van der Waals surface area contributed by atoms with Gasteiger partial charge >= 0.3 is 6.36 Å². The molecule has 3 N–H and O–H groups in total. The first-order valence-electron chi connectivity index (χ1n) is 9.08. The molecule has 1 heterocycles. The summed E-state index contributed by atoms with van der Waals surface area (Å²) < 4.78 is 41.4. The van der Waals surface area contributed by atoms with Gasteiger partial charge in [-0.2, -0.15) is 0 Å². The van der Waals surface area contributed by atoms with Gasteiger partial charge in [-0.25, -0.2) is 4.98 Å². The van der Waals surface area contributed by atoms with Gasteiger partial charge in [0.1, 0.15) is 11.3 Å². The zero-order chi connectivity index (χ0) is 21.2. The molecule has 1 aliphatic rings. The maximum atomic E-state index is 12.8. The Kier molecular flexibility index (Phi) is 5.99.